The zero-order valence-electron chi connectivity index (χ0n) is 18.0. The van der Waals surface area contributed by atoms with Crippen LogP contribution in [-0.2, 0) is 26.9 Å². The fraction of sp³-hybridized carbons (Fsp3) is 0.231. The van der Waals surface area contributed by atoms with Crippen molar-refractivity contribution in [2.45, 2.75) is 24.6 Å². The topological polar surface area (TPSA) is 89.6 Å². The third kappa shape index (κ3) is 4.54. The van der Waals surface area contributed by atoms with Crippen LogP contribution in [0.5, 0.6) is 0 Å². The van der Waals surface area contributed by atoms with Gasteiger partial charge in [0.25, 0.3) is 0 Å². The van der Waals surface area contributed by atoms with Gasteiger partial charge in [0.2, 0.25) is 0 Å². The van der Waals surface area contributed by atoms with Crippen LogP contribution in [0.15, 0.2) is 72.8 Å². The Kier molecular flexibility index (Phi) is 6.43. The molecule has 2 atom stereocenters. The number of ether oxygens (including phenoxy) is 1. The summed E-state index contributed by atoms with van der Waals surface area (Å²) in [6.45, 7) is -0.109. The first-order valence-corrected chi connectivity index (χ1v) is 10.7. The van der Waals surface area contributed by atoms with Crippen LogP contribution in [0.1, 0.15) is 28.2 Å². The van der Waals surface area contributed by atoms with Gasteiger partial charge in [0.1, 0.15) is 6.61 Å². The molecule has 0 amide bonds. The minimum absolute atomic E-state index is 0.109. The Hall–Kier alpha value is -3.65. The summed E-state index contributed by atoms with van der Waals surface area (Å²) in [7, 11) is 0. The average Bonchev–Trinajstić information content (AvgIpc) is 3.11. The Balaban J connectivity index is 1.51. The molecule has 0 radical (unpaired) electrons. The molecule has 5 nitrogen and oxygen atoms in total. The molecule has 3 aromatic rings. The standard InChI is InChI=1S/C26H22F3NO4/c27-26(28,29)21-12-6-1-7-15(21)13-22(30)23(24(31)32)25(33)34-14-20-18-10-4-2-8-16(18)17-9-3-5-11-19(17)20/h1-12,20,22-23H,13-14,30H2,(H,31,32)/t22-,23+/m1/s1. The van der Waals surface area contributed by atoms with Gasteiger partial charge in [-0.05, 0) is 40.3 Å². The van der Waals surface area contributed by atoms with Gasteiger partial charge < -0.3 is 15.6 Å². The molecule has 34 heavy (non-hydrogen) atoms. The van der Waals surface area contributed by atoms with Crippen LogP contribution < -0.4 is 5.73 Å². The molecule has 0 spiro atoms. The van der Waals surface area contributed by atoms with Crippen LogP contribution in [0.25, 0.3) is 11.1 Å². The quantitative estimate of drug-likeness (QED) is 0.389. The molecule has 3 aromatic carbocycles. The summed E-state index contributed by atoms with van der Waals surface area (Å²) in [5.41, 5.74) is 8.78. The first-order valence-electron chi connectivity index (χ1n) is 10.7. The minimum atomic E-state index is -4.63. The molecule has 4 rings (SSSR count). The van der Waals surface area contributed by atoms with E-state index in [1.54, 1.807) is 0 Å². The van der Waals surface area contributed by atoms with Gasteiger partial charge in [-0.25, -0.2) is 0 Å². The lowest BCUT2D eigenvalue weighted by Gasteiger charge is -2.22. The number of carboxylic acid groups (broad SMARTS) is 1. The summed E-state index contributed by atoms with van der Waals surface area (Å²) in [6, 6.07) is 18.7. The number of alkyl halides is 3. The van der Waals surface area contributed by atoms with E-state index in [0.29, 0.717) is 0 Å². The van der Waals surface area contributed by atoms with Gasteiger partial charge in [0.15, 0.2) is 5.92 Å². The highest BCUT2D eigenvalue weighted by molar-refractivity contribution is 5.95. The molecular weight excluding hydrogens is 447 g/mol. The van der Waals surface area contributed by atoms with Crippen molar-refractivity contribution in [2.24, 2.45) is 11.7 Å². The summed E-state index contributed by atoms with van der Waals surface area (Å²) >= 11 is 0. The Bertz CT molecular complexity index is 1180. The zero-order valence-corrected chi connectivity index (χ0v) is 18.0. The maximum Gasteiger partial charge on any atom is 0.416 e. The number of halogens is 3. The van der Waals surface area contributed by atoms with Crippen molar-refractivity contribution in [3.63, 3.8) is 0 Å². The number of carboxylic acids is 1. The van der Waals surface area contributed by atoms with Crippen LogP contribution in [0.2, 0.25) is 0 Å². The predicted molar refractivity (Wildman–Crippen MR) is 119 cm³/mol. The number of nitrogens with two attached hydrogens (primary N) is 1. The molecule has 0 fully saturated rings. The lowest BCUT2D eigenvalue weighted by Crippen LogP contribution is -2.43. The molecule has 8 heteroatoms. The van der Waals surface area contributed by atoms with Gasteiger partial charge in [0.05, 0.1) is 5.56 Å². The van der Waals surface area contributed by atoms with Crippen LogP contribution in [0, 0.1) is 5.92 Å². The van der Waals surface area contributed by atoms with Gasteiger partial charge in [-0.2, -0.15) is 13.2 Å². The zero-order chi connectivity index (χ0) is 24.5. The van der Waals surface area contributed by atoms with E-state index in [0.717, 1.165) is 28.3 Å². The molecule has 176 valence electrons. The molecule has 0 heterocycles. The third-order valence-corrected chi connectivity index (χ3v) is 6.08. The molecule has 0 aliphatic heterocycles. The smallest absolute Gasteiger partial charge is 0.416 e. The largest absolute Gasteiger partial charge is 0.481 e. The Labute approximate surface area is 194 Å². The lowest BCUT2D eigenvalue weighted by molar-refractivity contribution is -0.159. The van der Waals surface area contributed by atoms with Crippen LogP contribution >= 0.6 is 0 Å². The Morgan fingerprint density at radius 1 is 0.912 bits per heavy atom. The van der Waals surface area contributed by atoms with Gasteiger partial charge >= 0.3 is 18.1 Å². The molecule has 3 N–H and O–H groups in total. The number of carbonyl (C=O) groups excluding carboxylic acids is 1. The highest BCUT2D eigenvalue weighted by atomic mass is 19.4. The van der Waals surface area contributed by atoms with E-state index in [1.807, 2.05) is 48.5 Å². The maximum absolute atomic E-state index is 13.3. The summed E-state index contributed by atoms with van der Waals surface area (Å²) in [4.78, 5) is 24.6. The number of hydrogen-bond acceptors (Lipinski definition) is 4. The number of fused-ring (bicyclic) bond motifs is 3. The number of rotatable bonds is 7. The normalized spacial score (nSPS) is 14.7. The van der Waals surface area contributed by atoms with E-state index >= 15 is 0 Å². The highest BCUT2D eigenvalue weighted by Gasteiger charge is 2.38. The van der Waals surface area contributed by atoms with Crippen molar-refractivity contribution in [1.29, 1.82) is 0 Å². The van der Waals surface area contributed by atoms with Crippen molar-refractivity contribution in [3.8, 4) is 11.1 Å². The summed E-state index contributed by atoms with van der Waals surface area (Å²) in [6.07, 6.45) is -5.07. The molecular formula is C26H22F3NO4. The average molecular weight is 469 g/mol. The second-order valence-corrected chi connectivity index (χ2v) is 8.20. The van der Waals surface area contributed by atoms with E-state index in [4.69, 9.17) is 10.5 Å². The second-order valence-electron chi connectivity index (χ2n) is 8.20. The maximum atomic E-state index is 13.3. The summed E-state index contributed by atoms with van der Waals surface area (Å²) < 4.78 is 45.3. The lowest BCUT2D eigenvalue weighted by atomic mass is 9.91. The molecule has 1 aliphatic carbocycles. The summed E-state index contributed by atoms with van der Waals surface area (Å²) in [5.74, 6) is -4.72. The Morgan fingerprint density at radius 3 is 2.00 bits per heavy atom. The van der Waals surface area contributed by atoms with Crippen LogP contribution in [0.3, 0.4) is 0 Å². The third-order valence-electron chi connectivity index (χ3n) is 6.08. The second kappa shape index (κ2) is 9.30. The Morgan fingerprint density at radius 2 is 1.44 bits per heavy atom. The molecule has 0 unspecified atom stereocenters. The molecule has 0 aromatic heterocycles. The highest BCUT2D eigenvalue weighted by Crippen LogP contribution is 2.44. The molecule has 1 aliphatic rings. The van der Waals surface area contributed by atoms with Crippen molar-refractivity contribution < 1.29 is 32.6 Å². The first-order chi connectivity index (χ1) is 16.2. The monoisotopic (exact) mass is 469 g/mol. The SMILES string of the molecule is N[C@H](Cc1ccccc1C(F)(F)F)[C@@H](C(=O)O)C(=O)OCC1c2ccccc2-c2ccccc21. The number of aliphatic carboxylic acids is 1. The van der Waals surface area contributed by atoms with Crippen LogP contribution in [0.4, 0.5) is 13.2 Å². The van der Waals surface area contributed by atoms with Crippen molar-refractivity contribution in [3.05, 3.63) is 95.1 Å². The van der Waals surface area contributed by atoms with Gasteiger partial charge in [-0.1, -0.05) is 66.7 Å². The van der Waals surface area contributed by atoms with Crippen molar-refractivity contribution in [1.82, 2.24) is 0 Å². The van der Waals surface area contributed by atoms with Gasteiger partial charge in [-0.3, -0.25) is 9.59 Å². The van der Waals surface area contributed by atoms with Gasteiger partial charge in [-0.15, -0.1) is 0 Å². The van der Waals surface area contributed by atoms with E-state index < -0.39 is 42.1 Å². The van der Waals surface area contributed by atoms with E-state index in [-0.39, 0.29) is 18.1 Å². The molecule has 0 bridgehead atoms. The van der Waals surface area contributed by atoms with E-state index in [9.17, 15) is 27.9 Å². The van der Waals surface area contributed by atoms with E-state index in [2.05, 4.69) is 0 Å². The fourth-order valence-corrected chi connectivity index (χ4v) is 4.50. The van der Waals surface area contributed by atoms with E-state index in [1.165, 1.54) is 18.2 Å². The molecule has 0 saturated carbocycles. The van der Waals surface area contributed by atoms with Crippen molar-refractivity contribution >= 4 is 11.9 Å². The fourth-order valence-electron chi connectivity index (χ4n) is 4.50. The predicted octanol–water partition coefficient (Wildman–Crippen LogP) is 4.63. The first kappa shape index (κ1) is 23.5. The number of hydrogen-bond donors (Lipinski definition) is 2. The molecule has 0 saturated heterocycles. The number of benzene rings is 3. The van der Waals surface area contributed by atoms with Crippen molar-refractivity contribution in [2.75, 3.05) is 6.61 Å². The minimum Gasteiger partial charge on any atom is -0.481 e. The van der Waals surface area contributed by atoms with Crippen LogP contribution in [-0.4, -0.2) is 29.7 Å². The van der Waals surface area contributed by atoms with Gasteiger partial charge in [0, 0.05) is 12.0 Å². The number of carbonyl (C=O) groups is 2. The summed E-state index contributed by atoms with van der Waals surface area (Å²) in [5, 5.41) is 9.63. The number of esters is 1.